The van der Waals surface area contributed by atoms with Crippen LogP contribution in [-0.4, -0.2) is 41.6 Å². The average molecular weight is 522 g/mol. The van der Waals surface area contributed by atoms with Crippen molar-refractivity contribution < 1.29 is 14.5 Å². The topological polar surface area (TPSA) is 94.7 Å². The lowest BCUT2D eigenvalue weighted by molar-refractivity contribution is -0.384. The minimum absolute atomic E-state index is 0.0121. The molecule has 1 aliphatic heterocycles. The first-order valence-electron chi connectivity index (χ1n) is 12.2. The Morgan fingerprint density at radius 1 is 1.14 bits per heavy atom. The third kappa shape index (κ3) is 6.23. The molecule has 9 heteroatoms. The van der Waals surface area contributed by atoms with Crippen molar-refractivity contribution in [3.05, 3.63) is 88.8 Å². The van der Waals surface area contributed by atoms with Crippen LogP contribution in [0.1, 0.15) is 37.5 Å². The van der Waals surface area contributed by atoms with Gasteiger partial charge in [-0.15, -0.1) is 11.3 Å². The number of ether oxygens (including phenoxy) is 1. The number of nitrogens with zero attached hydrogens (tertiary/aromatic N) is 3. The van der Waals surface area contributed by atoms with Crippen LogP contribution in [0.25, 0.3) is 12.2 Å². The summed E-state index contributed by atoms with van der Waals surface area (Å²) in [5, 5.41) is 11.9. The molecule has 0 saturated carbocycles. The van der Waals surface area contributed by atoms with Gasteiger partial charge in [-0.3, -0.25) is 24.3 Å². The maximum absolute atomic E-state index is 13.5. The Balaban J connectivity index is 1.82. The van der Waals surface area contributed by atoms with Gasteiger partial charge in [-0.1, -0.05) is 56.7 Å². The van der Waals surface area contributed by atoms with Gasteiger partial charge in [0.1, 0.15) is 10.4 Å². The van der Waals surface area contributed by atoms with Gasteiger partial charge in [-0.25, -0.2) is 0 Å². The average Bonchev–Trinajstić information content (AvgIpc) is 3.14. The Kier molecular flexibility index (Phi) is 7.75. The zero-order valence-electron chi connectivity index (χ0n) is 21.5. The molecule has 0 spiro atoms. The quantitative estimate of drug-likeness (QED) is 0.365. The number of hydrogen-bond acceptors (Lipinski definition) is 7. The van der Waals surface area contributed by atoms with Crippen molar-refractivity contribution in [1.29, 1.82) is 0 Å². The van der Waals surface area contributed by atoms with Crippen molar-refractivity contribution >= 4 is 40.6 Å². The minimum Gasteiger partial charge on any atom is -0.378 e. The van der Waals surface area contributed by atoms with Crippen LogP contribution in [0.2, 0.25) is 0 Å². The summed E-state index contributed by atoms with van der Waals surface area (Å²) in [6, 6.07) is 12.9. The molecule has 8 nitrogen and oxygen atoms in total. The molecule has 0 atom stereocenters. The maximum Gasteiger partial charge on any atom is 0.293 e. The van der Waals surface area contributed by atoms with Crippen LogP contribution in [0.3, 0.4) is 0 Å². The minimum atomic E-state index is -0.589. The Bertz CT molecular complexity index is 1490. The number of anilines is 1. The lowest BCUT2D eigenvalue weighted by Crippen LogP contribution is -2.36. The highest BCUT2D eigenvalue weighted by Gasteiger charge is 2.22. The summed E-state index contributed by atoms with van der Waals surface area (Å²) in [7, 11) is 0. The Morgan fingerprint density at radius 3 is 2.43 bits per heavy atom. The summed E-state index contributed by atoms with van der Waals surface area (Å²) in [6.07, 6.45) is 3.19. The number of nitro groups is 1. The summed E-state index contributed by atoms with van der Waals surface area (Å²) in [4.78, 5) is 39.7. The molecule has 0 aliphatic carbocycles. The second-order valence-electron chi connectivity index (χ2n) is 10.2. The zero-order valence-corrected chi connectivity index (χ0v) is 22.3. The van der Waals surface area contributed by atoms with Gasteiger partial charge < -0.3 is 9.64 Å². The van der Waals surface area contributed by atoms with E-state index in [1.807, 2.05) is 56.9 Å². The highest BCUT2D eigenvalue weighted by Crippen LogP contribution is 2.30. The number of rotatable bonds is 6. The lowest BCUT2D eigenvalue weighted by atomic mass is 9.91. The number of morpholine rings is 1. The van der Waals surface area contributed by atoms with Gasteiger partial charge in [-0.2, -0.15) is 0 Å². The highest BCUT2D eigenvalue weighted by atomic mass is 32.1. The zero-order chi connectivity index (χ0) is 26.7. The molecule has 4 rings (SSSR count). The maximum atomic E-state index is 13.5. The molecule has 0 N–H and O–H groups in total. The van der Waals surface area contributed by atoms with E-state index < -0.39 is 10.3 Å². The molecule has 2 aromatic carbocycles. The van der Waals surface area contributed by atoms with E-state index in [0.717, 1.165) is 11.1 Å². The number of thiazole rings is 1. The monoisotopic (exact) mass is 521 g/mol. The fourth-order valence-electron chi connectivity index (χ4n) is 4.00. The second kappa shape index (κ2) is 10.8. The van der Waals surface area contributed by atoms with Crippen LogP contribution in [0.15, 0.2) is 47.3 Å². The van der Waals surface area contributed by atoms with E-state index in [1.54, 1.807) is 22.8 Å². The van der Waals surface area contributed by atoms with E-state index in [1.165, 1.54) is 23.5 Å². The van der Waals surface area contributed by atoms with Gasteiger partial charge >= 0.3 is 0 Å². The normalized spacial score (nSPS) is 15.3. The SMILES string of the molecule is Cc1ccc(Cn2c(=O)/c(=C\c3ccc(N4CCOCC4)c([N+](=O)[O-])c3)s/c2=C\C(=O)C(C)(C)C)cc1. The number of carbonyl (C=O) groups excluding carboxylic acids is 1. The van der Waals surface area contributed by atoms with Crippen molar-refractivity contribution in [2.45, 2.75) is 34.2 Å². The fraction of sp³-hybridized carbons (Fsp3) is 0.357. The summed E-state index contributed by atoms with van der Waals surface area (Å²) in [6.45, 7) is 10.0. The lowest BCUT2D eigenvalue weighted by Gasteiger charge is -2.28. The van der Waals surface area contributed by atoms with Crippen molar-refractivity contribution in [3.8, 4) is 0 Å². The third-order valence-electron chi connectivity index (χ3n) is 6.24. The van der Waals surface area contributed by atoms with Crippen LogP contribution in [0, 0.1) is 22.5 Å². The molecular formula is C28H31N3O5S. The van der Waals surface area contributed by atoms with E-state index in [-0.39, 0.29) is 17.0 Å². The first-order valence-corrected chi connectivity index (χ1v) is 13.0. The summed E-state index contributed by atoms with van der Waals surface area (Å²) < 4.78 is 7.93. The van der Waals surface area contributed by atoms with Crippen molar-refractivity contribution in [3.63, 3.8) is 0 Å². The summed E-state index contributed by atoms with van der Waals surface area (Å²) in [5.41, 5.74) is 2.32. The van der Waals surface area contributed by atoms with Gasteiger partial charge in [0, 0.05) is 30.6 Å². The standard InChI is InChI=1S/C28H31N3O5S/c1-19-5-7-20(8-6-19)18-30-26(17-25(32)28(2,3)4)37-24(27(30)33)16-21-9-10-22(23(15-21)31(34)35)29-11-13-36-14-12-29/h5-10,15-17H,11-14,18H2,1-4H3/b24-16+,26-17-. The number of aryl methyl sites for hydroxylation is 1. The van der Waals surface area contributed by atoms with Gasteiger partial charge in [0.25, 0.3) is 11.2 Å². The fourth-order valence-corrected chi connectivity index (χ4v) is 5.04. The summed E-state index contributed by atoms with van der Waals surface area (Å²) in [5.74, 6) is -0.0801. The predicted molar refractivity (Wildman–Crippen MR) is 147 cm³/mol. The summed E-state index contributed by atoms with van der Waals surface area (Å²) >= 11 is 1.22. The van der Waals surface area contributed by atoms with Gasteiger partial charge in [0.2, 0.25) is 0 Å². The molecule has 3 aromatic rings. The third-order valence-corrected chi connectivity index (χ3v) is 7.30. The molecule has 0 unspecified atom stereocenters. The first-order chi connectivity index (χ1) is 17.5. The molecule has 194 valence electrons. The second-order valence-corrected chi connectivity index (χ2v) is 11.3. The first kappa shape index (κ1) is 26.5. The molecule has 2 heterocycles. The van der Waals surface area contributed by atoms with Crippen LogP contribution in [-0.2, 0) is 16.1 Å². The molecule has 1 fully saturated rings. The largest absolute Gasteiger partial charge is 0.378 e. The molecular weight excluding hydrogens is 490 g/mol. The number of benzene rings is 2. The van der Waals surface area contributed by atoms with Crippen LogP contribution < -0.4 is 19.7 Å². The van der Waals surface area contributed by atoms with Crippen molar-refractivity contribution in [1.82, 2.24) is 4.57 Å². The van der Waals surface area contributed by atoms with E-state index in [4.69, 9.17) is 4.74 Å². The van der Waals surface area contributed by atoms with E-state index >= 15 is 0 Å². The number of hydrogen-bond donors (Lipinski definition) is 0. The molecule has 1 aromatic heterocycles. The molecule has 1 saturated heterocycles. The molecule has 37 heavy (non-hydrogen) atoms. The van der Waals surface area contributed by atoms with Gasteiger partial charge in [0.15, 0.2) is 5.78 Å². The van der Waals surface area contributed by atoms with Gasteiger partial charge in [0.05, 0.1) is 29.2 Å². The number of nitro benzene ring substituents is 1. The molecule has 0 amide bonds. The Hall–Kier alpha value is -3.56. The number of Topliss-reactive ketones (excluding diaryl/α,β-unsaturated/α-hetero) is 1. The van der Waals surface area contributed by atoms with E-state index in [0.29, 0.717) is 53.3 Å². The number of aromatic nitrogens is 1. The smallest absolute Gasteiger partial charge is 0.293 e. The predicted octanol–water partition coefficient (Wildman–Crippen LogP) is 3.24. The van der Waals surface area contributed by atoms with Crippen LogP contribution in [0.4, 0.5) is 11.4 Å². The highest BCUT2D eigenvalue weighted by molar-refractivity contribution is 7.07. The van der Waals surface area contributed by atoms with Crippen LogP contribution in [0.5, 0.6) is 0 Å². The number of carbonyl (C=O) groups is 1. The van der Waals surface area contributed by atoms with Gasteiger partial charge in [-0.05, 0) is 30.2 Å². The number of ketones is 1. The van der Waals surface area contributed by atoms with Crippen molar-refractivity contribution in [2.24, 2.45) is 5.41 Å². The molecule has 0 bridgehead atoms. The van der Waals surface area contributed by atoms with E-state index in [2.05, 4.69) is 0 Å². The van der Waals surface area contributed by atoms with E-state index in [9.17, 15) is 19.7 Å². The van der Waals surface area contributed by atoms with Crippen molar-refractivity contribution in [2.75, 3.05) is 31.2 Å². The Morgan fingerprint density at radius 2 is 1.81 bits per heavy atom. The molecule has 1 aliphatic rings. The Labute approximate surface area is 219 Å². The van der Waals surface area contributed by atoms with Crippen LogP contribution >= 0.6 is 11.3 Å². The molecule has 0 radical (unpaired) electrons.